The summed E-state index contributed by atoms with van der Waals surface area (Å²) in [6, 6.07) is 3.76. The minimum atomic E-state index is -2.56. The summed E-state index contributed by atoms with van der Waals surface area (Å²) in [7, 11) is 5.38. The summed E-state index contributed by atoms with van der Waals surface area (Å²) in [6.45, 7) is 0.604. The molecule has 0 heterocycles. The second-order valence-corrected chi connectivity index (χ2v) is 8.58. The van der Waals surface area contributed by atoms with E-state index in [4.69, 9.17) is 22.8 Å². The molecule has 1 aromatic rings. The number of benzene rings is 1. The third-order valence-electron chi connectivity index (χ3n) is 4.08. The Kier molecular flexibility index (Phi) is 9.52. The van der Waals surface area contributed by atoms with Crippen LogP contribution in [0.3, 0.4) is 0 Å². The first-order chi connectivity index (χ1) is 12.5. The Morgan fingerprint density at radius 3 is 2.27 bits per heavy atom. The van der Waals surface area contributed by atoms with Gasteiger partial charge in [0.25, 0.3) is 5.69 Å². The molecule has 1 N–H and O–H groups in total. The molecule has 26 heavy (non-hydrogen) atoms. The van der Waals surface area contributed by atoms with Gasteiger partial charge in [0.15, 0.2) is 0 Å². The van der Waals surface area contributed by atoms with Crippen LogP contribution in [0.15, 0.2) is 12.1 Å². The average molecular weight is 388 g/mol. The van der Waals surface area contributed by atoms with Crippen molar-refractivity contribution in [1.29, 1.82) is 0 Å². The lowest BCUT2D eigenvalue weighted by Crippen LogP contribution is -2.42. The fourth-order valence-electron chi connectivity index (χ4n) is 2.54. The summed E-state index contributed by atoms with van der Waals surface area (Å²) < 4.78 is 26.9. The standard InChI is InChI=1S/C16H28N2O7Si/c1-17-14-11-15(18(19)20)13(10-16(14)21-2)12-25-8-6-7-9-26(22-3,23-4)24-5/h10-11,17H,6-9,12H2,1-5H3. The molecular formula is C16H28N2O7Si. The van der Waals surface area contributed by atoms with Gasteiger partial charge in [-0.1, -0.05) is 0 Å². The Hall–Kier alpha value is -1.72. The van der Waals surface area contributed by atoms with Gasteiger partial charge in [0.05, 0.1) is 29.9 Å². The highest BCUT2D eigenvalue weighted by molar-refractivity contribution is 6.60. The van der Waals surface area contributed by atoms with Crippen molar-refractivity contribution in [3.05, 3.63) is 27.8 Å². The van der Waals surface area contributed by atoms with Crippen LogP contribution in [0.25, 0.3) is 0 Å². The molecule has 9 nitrogen and oxygen atoms in total. The minimum absolute atomic E-state index is 0.000256. The van der Waals surface area contributed by atoms with Crippen molar-refractivity contribution in [1.82, 2.24) is 0 Å². The van der Waals surface area contributed by atoms with Crippen LogP contribution in [-0.2, 0) is 24.6 Å². The number of methoxy groups -OCH3 is 1. The monoisotopic (exact) mass is 388 g/mol. The van der Waals surface area contributed by atoms with E-state index >= 15 is 0 Å². The van der Waals surface area contributed by atoms with Gasteiger partial charge in [0.1, 0.15) is 5.75 Å². The normalized spacial score (nSPS) is 11.4. The lowest BCUT2D eigenvalue weighted by molar-refractivity contribution is -0.385. The SMILES string of the molecule is CNc1cc([N+](=O)[O-])c(COCCCC[Si](OC)(OC)OC)cc1OC. The average Bonchev–Trinajstić information content (AvgIpc) is 2.67. The van der Waals surface area contributed by atoms with Gasteiger partial charge in [0, 0.05) is 47.1 Å². The molecule has 148 valence electrons. The minimum Gasteiger partial charge on any atom is -0.495 e. The van der Waals surface area contributed by atoms with Crippen LogP contribution in [0.2, 0.25) is 6.04 Å². The number of nitro benzene ring substituents is 1. The molecule has 0 aliphatic heterocycles. The summed E-state index contributed by atoms with van der Waals surface area (Å²) in [5.41, 5.74) is 1.03. The smallest absolute Gasteiger partial charge is 0.495 e. The third-order valence-corrected chi connectivity index (χ3v) is 6.91. The summed E-state index contributed by atoms with van der Waals surface area (Å²) in [5, 5.41) is 14.2. The molecule has 0 unspecified atom stereocenters. The molecule has 1 rings (SSSR count). The summed E-state index contributed by atoms with van der Waals surface area (Å²) in [6.07, 6.45) is 1.58. The number of rotatable bonds is 13. The number of hydrogen-bond acceptors (Lipinski definition) is 8. The molecule has 0 atom stereocenters. The Bertz CT molecular complexity index is 574. The van der Waals surface area contributed by atoms with Crippen molar-refractivity contribution in [2.75, 3.05) is 47.4 Å². The van der Waals surface area contributed by atoms with Gasteiger partial charge >= 0.3 is 8.80 Å². The van der Waals surface area contributed by atoms with Crippen molar-refractivity contribution in [2.24, 2.45) is 0 Å². The zero-order chi connectivity index (χ0) is 19.6. The lowest BCUT2D eigenvalue weighted by atomic mass is 10.1. The van der Waals surface area contributed by atoms with Crippen LogP contribution in [0.4, 0.5) is 11.4 Å². The number of unbranched alkanes of at least 4 members (excludes halogenated alkanes) is 1. The fourth-order valence-corrected chi connectivity index (χ4v) is 4.34. The van der Waals surface area contributed by atoms with Gasteiger partial charge in [-0.2, -0.15) is 0 Å². The second kappa shape index (κ2) is 11.1. The van der Waals surface area contributed by atoms with Crippen LogP contribution in [-0.4, -0.2) is 55.8 Å². The van der Waals surface area contributed by atoms with Crippen molar-refractivity contribution in [2.45, 2.75) is 25.5 Å². The predicted molar refractivity (Wildman–Crippen MR) is 99.7 cm³/mol. The predicted octanol–water partition coefficient (Wildman–Crippen LogP) is 2.82. The molecule has 1 aromatic carbocycles. The largest absolute Gasteiger partial charge is 0.500 e. The third kappa shape index (κ3) is 5.92. The number of nitro groups is 1. The number of nitrogens with one attached hydrogen (secondary N) is 1. The maximum atomic E-state index is 11.3. The van der Waals surface area contributed by atoms with E-state index in [-0.39, 0.29) is 12.3 Å². The van der Waals surface area contributed by atoms with E-state index in [1.807, 2.05) is 0 Å². The first-order valence-corrected chi connectivity index (χ1v) is 10.2. The molecule has 0 saturated heterocycles. The highest BCUT2D eigenvalue weighted by Gasteiger charge is 2.36. The Morgan fingerprint density at radius 2 is 1.77 bits per heavy atom. The molecule has 0 aliphatic rings. The van der Waals surface area contributed by atoms with Crippen molar-refractivity contribution < 1.29 is 27.7 Å². The maximum absolute atomic E-state index is 11.3. The Balaban J connectivity index is 2.58. The van der Waals surface area contributed by atoms with Crippen LogP contribution in [0.1, 0.15) is 18.4 Å². The molecule has 0 aliphatic carbocycles. The number of hydrogen-bond donors (Lipinski definition) is 1. The zero-order valence-electron chi connectivity index (χ0n) is 16.0. The van der Waals surface area contributed by atoms with Crippen molar-refractivity contribution >= 4 is 20.2 Å². The molecular weight excluding hydrogens is 360 g/mol. The summed E-state index contributed by atoms with van der Waals surface area (Å²) in [4.78, 5) is 10.9. The maximum Gasteiger partial charge on any atom is 0.500 e. The molecule has 10 heteroatoms. The number of nitrogens with zero attached hydrogens (tertiary/aromatic N) is 1. The van der Waals surface area contributed by atoms with E-state index < -0.39 is 13.7 Å². The zero-order valence-corrected chi connectivity index (χ0v) is 17.0. The van der Waals surface area contributed by atoms with Gasteiger partial charge in [-0.25, -0.2) is 0 Å². The van der Waals surface area contributed by atoms with E-state index in [0.29, 0.717) is 29.7 Å². The molecule has 0 spiro atoms. The second-order valence-electron chi connectivity index (χ2n) is 5.49. The van der Waals surface area contributed by atoms with Crippen LogP contribution >= 0.6 is 0 Å². The number of anilines is 1. The van der Waals surface area contributed by atoms with E-state index in [1.54, 1.807) is 34.4 Å². The summed E-state index contributed by atoms with van der Waals surface area (Å²) in [5.74, 6) is 0.535. The molecule has 0 bridgehead atoms. The van der Waals surface area contributed by atoms with Crippen molar-refractivity contribution in [3.63, 3.8) is 0 Å². The van der Waals surface area contributed by atoms with Crippen molar-refractivity contribution in [3.8, 4) is 5.75 Å². The van der Waals surface area contributed by atoms with E-state index in [1.165, 1.54) is 13.2 Å². The molecule has 0 saturated carbocycles. The Labute approximate surface area is 155 Å². The van der Waals surface area contributed by atoms with Gasteiger partial charge in [-0.3, -0.25) is 10.1 Å². The topological polar surface area (TPSA) is 101 Å². The molecule has 0 radical (unpaired) electrons. The van der Waals surface area contributed by atoms with Gasteiger partial charge in [0.2, 0.25) is 0 Å². The van der Waals surface area contributed by atoms with Crippen LogP contribution < -0.4 is 10.1 Å². The quantitative estimate of drug-likeness (QED) is 0.238. The Morgan fingerprint density at radius 1 is 1.12 bits per heavy atom. The van der Waals surface area contributed by atoms with E-state index in [0.717, 1.165) is 12.8 Å². The highest BCUT2D eigenvalue weighted by atomic mass is 28.4. The van der Waals surface area contributed by atoms with Crippen LogP contribution in [0.5, 0.6) is 5.75 Å². The van der Waals surface area contributed by atoms with E-state index in [2.05, 4.69) is 5.32 Å². The summed E-state index contributed by atoms with van der Waals surface area (Å²) >= 11 is 0. The molecule has 0 amide bonds. The lowest BCUT2D eigenvalue weighted by Gasteiger charge is -2.24. The van der Waals surface area contributed by atoms with Crippen LogP contribution in [0, 0.1) is 10.1 Å². The first kappa shape index (κ1) is 22.3. The first-order valence-electron chi connectivity index (χ1n) is 8.23. The highest BCUT2D eigenvalue weighted by Crippen LogP contribution is 2.33. The fraction of sp³-hybridized carbons (Fsp3) is 0.625. The number of ether oxygens (including phenoxy) is 2. The van der Waals surface area contributed by atoms with Gasteiger partial charge < -0.3 is 28.1 Å². The molecule has 0 aromatic heterocycles. The van der Waals surface area contributed by atoms with Gasteiger partial charge in [-0.05, 0) is 18.9 Å². The molecule has 0 fully saturated rings. The van der Waals surface area contributed by atoms with Gasteiger partial charge in [-0.15, -0.1) is 0 Å². The van der Waals surface area contributed by atoms with E-state index in [9.17, 15) is 10.1 Å².